The second-order valence-corrected chi connectivity index (χ2v) is 37.5. The minimum absolute atomic E-state index is 0.509. The van der Waals surface area contributed by atoms with E-state index >= 15 is 0 Å². The van der Waals surface area contributed by atoms with E-state index in [2.05, 4.69) is 504 Å². The van der Waals surface area contributed by atoms with E-state index in [-0.39, 0.29) is 0 Å². The van der Waals surface area contributed by atoms with E-state index in [1.54, 1.807) is 0 Å². The van der Waals surface area contributed by atoms with Gasteiger partial charge in [-0.25, -0.2) is 0 Å². The van der Waals surface area contributed by atoms with Crippen LogP contribution in [0.3, 0.4) is 0 Å². The van der Waals surface area contributed by atoms with Gasteiger partial charge in [0.2, 0.25) is 0 Å². The lowest BCUT2D eigenvalue weighted by atomic mass is 9.69. The van der Waals surface area contributed by atoms with Crippen LogP contribution in [0.15, 0.2) is 531 Å². The van der Waals surface area contributed by atoms with Gasteiger partial charge in [-0.15, -0.1) is 0 Å². The summed E-state index contributed by atoms with van der Waals surface area (Å²) in [7, 11) is 0. The molecule has 0 bridgehead atoms. The molecule has 0 heterocycles. The first-order valence-electron chi connectivity index (χ1n) is 48.9. The van der Waals surface area contributed by atoms with E-state index in [1.165, 1.54) is 282 Å². The molecule has 0 saturated heterocycles. The van der Waals surface area contributed by atoms with Gasteiger partial charge >= 0.3 is 0 Å². The molecule has 24 aromatic rings. The Labute approximate surface area is 805 Å². The Bertz CT molecular complexity index is 8790. The summed E-state index contributed by atoms with van der Waals surface area (Å²) in [6, 6.07) is 162. The maximum Gasteiger partial charge on any atom is 0.0348 e. The highest BCUT2D eigenvalue weighted by atomic mass is 14.4. The van der Waals surface area contributed by atoms with Crippen molar-refractivity contribution in [1.29, 1.82) is 0 Å². The highest BCUT2D eigenvalue weighted by molar-refractivity contribution is 6.26. The summed E-state index contributed by atoms with van der Waals surface area (Å²) < 4.78 is 0. The number of benzene rings is 24. The van der Waals surface area contributed by atoms with E-state index in [0.29, 0.717) is 5.92 Å². The number of aryl methyl sites for hydroxylation is 4. The predicted octanol–water partition coefficient (Wildman–Crippen LogP) is 36.7. The molecule has 0 aromatic heterocycles. The van der Waals surface area contributed by atoms with Crippen molar-refractivity contribution in [2.24, 2.45) is 5.92 Å². The quantitative estimate of drug-likeness (QED) is 0.133. The number of hydrogen-bond donors (Lipinski definition) is 0. The molecule has 24 aromatic carbocycles. The molecule has 0 aliphatic heterocycles. The van der Waals surface area contributed by atoms with Crippen LogP contribution in [-0.2, 0) is 38.5 Å². The summed E-state index contributed by atoms with van der Waals surface area (Å²) in [5.74, 6) is 0.509. The number of allylic oxidation sites excluding steroid dienone is 14. The fourth-order valence-corrected chi connectivity index (χ4v) is 23.2. The van der Waals surface area contributed by atoms with Gasteiger partial charge in [0.1, 0.15) is 0 Å². The van der Waals surface area contributed by atoms with Crippen molar-refractivity contribution in [3.05, 3.63) is 576 Å². The Morgan fingerprint density at radius 2 is 0.500 bits per heavy atom. The lowest BCUT2D eigenvalue weighted by molar-refractivity contribution is 0.832. The molecule has 0 heteroatoms. The van der Waals surface area contributed by atoms with Crippen LogP contribution in [0.4, 0.5) is 0 Å². The molecule has 0 radical (unpaired) electrons. The molecule has 32 rings (SSSR count). The molecular formula is C138H98. The van der Waals surface area contributed by atoms with Crippen molar-refractivity contribution >= 4 is 151 Å². The molecule has 1 unspecified atom stereocenters. The molecule has 0 spiro atoms. The summed E-state index contributed by atoms with van der Waals surface area (Å²) in [5.41, 5.74) is 27.7. The van der Waals surface area contributed by atoms with Gasteiger partial charge in [-0.2, -0.15) is 0 Å². The second kappa shape index (κ2) is 36.1. The van der Waals surface area contributed by atoms with Crippen molar-refractivity contribution in [2.45, 2.75) is 44.9 Å². The second-order valence-electron chi connectivity index (χ2n) is 37.5. The fourth-order valence-electron chi connectivity index (χ4n) is 23.2. The number of rotatable bonds is 0. The Balaban J connectivity index is 0.0000000838. The molecule has 0 nitrogen and oxygen atoms in total. The van der Waals surface area contributed by atoms with Crippen molar-refractivity contribution in [2.75, 3.05) is 0 Å². The van der Waals surface area contributed by atoms with Gasteiger partial charge in [0, 0.05) is 5.92 Å². The average molecular weight is 1760 g/mol. The average Bonchev–Trinajstić information content (AvgIpc) is 1.61. The lowest BCUT2D eigenvalue weighted by Crippen LogP contribution is -2.20. The molecule has 8 aliphatic carbocycles. The Morgan fingerprint density at radius 1 is 0.181 bits per heavy atom. The Morgan fingerprint density at radius 3 is 0.971 bits per heavy atom. The van der Waals surface area contributed by atoms with Gasteiger partial charge in [-0.05, 0) is 308 Å². The van der Waals surface area contributed by atoms with Crippen molar-refractivity contribution in [1.82, 2.24) is 0 Å². The molecule has 650 valence electrons. The number of hydrogen-bond acceptors (Lipinski definition) is 0. The van der Waals surface area contributed by atoms with Gasteiger partial charge < -0.3 is 0 Å². The van der Waals surface area contributed by atoms with Crippen LogP contribution < -0.4 is 0 Å². The van der Waals surface area contributed by atoms with Gasteiger partial charge in [-0.1, -0.05) is 498 Å². The van der Waals surface area contributed by atoms with Gasteiger partial charge in [-0.3, -0.25) is 0 Å². The van der Waals surface area contributed by atoms with Crippen LogP contribution >= 0.6 is 0 Å². The SMILES string of the molecule is C1=CC2=CC=C3CC=CC4=C3C2C(=C1)C=C4.c1cc2c3c(c1)ccc1cccc(c13)CC2.c1ccc2c(c1)CCc1ccccc1-2.c1ccc2c(c1)Cc1c-2ccc2ccccc12.c1ccc2c(c1)Cc1cc3ccccc3cc1-2.c1ccc2c(c1)c1ccccc1c1ccccc21.c1ccc2c(c1)ccc1c2ccc2c3ccccc3ccc21.c1ccc2c(c1)ccc1c3ccccc3ccc21. The summed E-state index contributed by atoms with van der Waals surface area (Å²) >= 11 is 0. The monoisotopic (exact) mass is 1750 g/mol. The van der Waals surface area contributed by atoms with Crippen LogP contribution in [-0.4, -0.2) is 0 Å². The topological polar surface area (TPSA) is 0 Å². The van der Waals surface area contributed by atoms with Crippen LogP contribution in [0, 0.1) is 5.92 Å². The maximum atomic E-state index is 2.34. The van der Waals surface area contributed by atoms with Crippen LogP contribution in [0.5, 0.6) is 0 Å². The normalized spacial score (nSPS) is 14.1. The molecule has 0 amide bonds. The zero-order valence-corrected chi connectivity index (χ0v) is 76.9. The molecule has 138 heavy (non-hydrogen) atoms. The predicted molar refractivity (Wildman–Crippen MR) is 594 cm³/mol. The zero-order valence-electron chi connectivity index (χ0n) is 76.9. The van der Waals surface area contributed by atoms with Gasteiger partial charge in [0.25, 0.3) is 0 Å². The van der Waals surface area contributed by atoms with Gasteiger partial charge in [0.05, 0.1) is 0 Å². The lowest BCUT2D eigenvalue weighted by Gasteiger charge is -2.34. The standard InChI is InChI=1S/C22H14.2C18H12.2C17H12.2C16H12.C14H12/c1-3-7-17-15(5-1)9-11-21-19(17)13-14-20-18-8-4-2-6-16(18)10-12-22(20)21;1-3-7-15-13(5-1)9-11-18-16-8-4-2-6-14(16)10-12-17(15)18;1-2-8-14-13(7-1)15-9-3-4-11-17(15)18-12-6-5-10-16(14)18;1-3-7-14-12(5-1)9-10-16-15-8-4-2-6-13(15)11-17(14)16;1-2-6-13-11-17-15(9-12(13)5-1)10-14-7-3-4-8-16(14)17;2*1-3-11-7-9-13-5-2-6-14-10-8-12(4-1)15(11)16(13)14;1-3-7-13-11(5-1)9-10-12-6-2-4-8-14(12)13/h1-14H;2*1-12H;1-10H,11H2;1-9,11H,10H2;1-5,7-10,15H,6H2;1-7,9H,8,10H2;1-8H,9-10H2. The van der Waals surface area contributed by atoms with Crippen LogP contribution in [0.1, 0.15) is 50.9 Å². The van der Waals surface area contributed by atoms with E-state index < -0.39 is 0 Å². The highest BCUT2D eigenvalue weighted by Gasteiger charge is 2.32. The maximum absolute atomic E-state index is 2.34. The summed E-state index contributed by atoms with van der Waals surface area (Å²) in [6.07, 6.45) is 28.2. The zero-order chi connectivity index (χ0) is 91.4. The van der Waals surface area contributed by atoms with E-state index in [0.717, 1.165) is 19.3 Å². The summed E-state index contributed by atoms with van der Waals surface area (Å²) in [4.78, 5) is 0. The third kappa shape index (κ3) is 15.3. The molecular weight excluding hydrogens is 1660 g/mol. The minimum Gasteiger partial charge on any atom is -0.0795 e. The fraction of sp³-hybridized carbons (Fsp3) is 0.0580. The number of fused-ring (bicyclic) bond motifs is 30. The molecule has 0 fully saturated rings. The first-order valence-corrected chi connectivity index (χ1v) is 48.9. The molecule has 1 atom stereocenters. The van der Waals surface area contributed by atoms with Crippen LogP contribution in [0.2, 0.25) is 0 Å². The smallest absolute Gasteiger partial charge is 0.0348 e. The largest absolute Gasteiger partial charge is 0.0795 e. The molecule has 8 aliphatic rings. The van der Waals surface area contributed by atoms with E-state index in [1.807, 2.05) is 0 Å². The third-order valence-corrected chi connectivity index (χ3v) is 29.8. The van der Waals surface area contributed by atoms with Crippen molar-refractivity contribution in [3.63, 3.8) is 0 Å². The Hall–Kier alpha value is -16.9. The van der Waals surface area contributed by atoms with Gasteiger partial charge in [0.15, 0.2) is 0 Å². The van der Waals surface area contributed by atoms with Crippen LogP contribution in [0.25, 0.3) is 184 Å². The summed E-state index contributed by atoms with van der Waals surface area (Å²) in [6.45, 7) is 0. The van der Waals surface area contributed by atoms with E-state index in [4.69, 9.17) is 0 Å². The molecule has 0 saturated carbocycles. The first kappa shape index (κ1) is 83.0. The first-order chi connectivity index (χ1) is 68.5. The van der Waals surface area contributed by atoms with Crippen molar-refractivity contribution in [3.8, 4) is 33.4 Å². The molecule has 0 N–H and O–H groups in total. The van der Waals surface area contributed by atoms with Crippen molar-refractivity contribution < 1.29 is 0 Å². The Kier molecular flexibility index (Phi) is 21.7. The van der Waals surface area contributed by atoms with E-state index in [9.17, 15) is 0 Å². The highest BCUT2D eigenvalue weighted by Crippen LogP contribution is 2.49. The third-order valence-electron chi connectivity index (χ3n) is 29.8. The summed E-state index contributed by atoms with van der Waals surface area (Å²) in [5, 5.41) is 37.8. The minimum atomic E-state index is 0.509.